The Morgan fingerprint density at radius 1 is 1.19 bits per heavy atom. The Bertz CT molecular complexity index is 1060. The number of aromatic nitrogens is 3. The lowest BCUT2D eigenvalue weighted by Gasteiger charge is -2.12. The van der Waals surface area contributed by atoms with Gasteiger partial charge in [-0.15, -0.1) is 10.2 Å². The third-order valence-corrected chi connectivity index (χ3v) is 4.98. The van der Waals surface area contributed by atoms with Crippen molar-refractivity contribution in [3.63, 3.8) is 0 Å². The van der Waals surface area contributed by atoms with E-state index in [1.165, 1.54) is 6.39 Å². The van der Waals surface area contributed by atoms with Crippen LogP contribution in [0.3, 0.4) is 0 Å². The summed E-state index contributed by atoms with van der Waals surface area (Å²) in [6.45, 7) is 1.90. The highest BCUT2D eigenvalue weighted by Crippen LogP contribution is 2.21. The zero-order valence-corrected chi connectivity index (χ0v) is 17.7. The molecule has 160 valence electrons. The lowest BCUT2D eigenvalue weighted by atomic mass is 9.96. The second kappa shape index (κ2) is 10.8. The Labute approximate surface area is 181 Å². The smallest absolute Gasteiger partial charge is 0.224 e. The maximum atomic E-state index is 12.5. The molecule has 0 aliphatic rings. The summed E-state index contributed by atoms with van der Waals surface area (Å²) in [5, 5.41) is 10.5. The molecule has 3 N–H and O–H groups in total. The molecule has 3 rings (SSSR count). The highest BCUT2D eigenvalue weighted by atomic mass is 16.4. The Hall–Kier alpha value is -3.81. The van der Waals surface area contributed by atoms with Gasteiger partial charge < -0.3 is 15.5 Å². The summed E-state index contributed by atoms with van der Waals surface area (Å²) in [6.07, 6.45) is 8.70. The molecule has 2 heterocycles. The molecule has 1 aromatic carbocycles. The number of nitrogens with two attached hydrogens (primary N) is 1. The number of allylic oxidation sites excluding steroid dienone is 1. The van der Waals surface area contributed by atoms with E-state index in [1.807, 2.05) is 37.3 Å². The van der Waals surface area contributed by atoms with Crippen LogP contribution in [0.25, 0.3) is 5.57 Å². The van der Waals surface area contributed by atoms with Crippen molar-refractivity contribution in [2.75, 3.05) is 12.4 Å². The fourth-order valence-corrected chi connectivity index (χ4v) is 3.20. The summed E-state index contributed by atoms with van der Waals surface area (Å²) in [6, 6.07) is 9.65. The van der Waals surface area contributed by atoms with Gasteiger partial charge in [0.25, 0.3) is 0 Å². The maximum absolute atomic E-state index is 12.5. The van der Waals surface area contributed by atoms with E-state index in [4.69, 9.17) is 10.2 Å². The van der Waals surface area contributed by atoms with E-state index >= 15 is 0 Å². The van der Waals surface area contributed by atoms with Crippen molar-refractivity contribution in [2.45, 2.75) is 32.6 Å². The molecule has 0 atom stereocenters. The molecule has 8 nitrogen and oxygen atoms in total. The minimum atomic E-state index is -0.0624. The molecular formula is C23H26N6O2. The predicted molar refractivity (Wildman–Crippen MR) is 121 cm³/mol. The van der Waals surface area contributed by atoms with Gasteiger partial charge >= 0.3 is 0 Å². The van der Waals surface area contributed by atoms with E-state index in [0.717, 1.165) is 40.1 Å². The molecule has 8 heteroatoms. The average molecular weight is 419 g/mol. The zero-order chi connectivity index (χ0) is 22.1. The second-order valence-electron chi connectivity index (χ2n) is 7.00. The molecule has 0 spiro atoms. The SMILES string of the molecule is C/N=C(C)\C(=C/N)c1ccncc1CCC(=O)Nc1ccc(CCc2nnco2)cc1. The van der Waals surface area contributed by atoms with E-state index in [2.05, 4.69) is 25.5 Å². The van der Waals surface area contributed by atoms with Crippen LogP contribution in [0, 0.1) is 0 Å². The summed E-state index contributed by atoms with van der Waals surface area (Å²) >= 11 is 0. The number of hydrogen-bond donors (Lipinski definition) is 2. The molecule has 0 unspecified atom stereocenters. The van der Waals surface area contributed by atoms with Gasteiger partial charge in [0.05, 0.1) is 0 Å². The van der Waals surface area contributed by atoms with Crippen LogP contribution in [-0.4, -0.2) is 33.8 Å². The standard InChI is InChI=1S/C23H26N6O2/c1-16(25-2)21(13-24)20-11-12-26-14-18(20)6-9-22(30)28-19-7-3-17(4-8-19)5-10-23-29-27-15-31-23/h3-4,7-8,11-15H,5-6,9-10,24H2,1-2H3,(H,28,30)/b21-13+,25-16-. The summed E-state index contributed by atoms with van der Waals surface area (Å²) in [5.41, 5.74) is 11.3. The molecule has 0 aliphatic heterocycles. The first-order chi connectivity index (χ1) is 15.1. The van der Waals surface area contributed by atoms with Gasteiger partial charge in [-0.1, -0.05) is 12.1 Å². The number of nitrogens with zero attached hydrogens (tertiary/aromatic N) is 4. The first kappa shape index (κ1) is 21.9. The van der Waals surface area contributed by atoms with Gasteiger partial charge in [0.2, 0.25) is 18.2 Å². The van der Waals surface area contributed by atoms with Crippen molar-refractivity contribution in [1.82, 2.24) is 15.2 Å². The van der Waals surface area contributed by atoms with Gasteiger partial charge in [0, 0.05) is 55.5 Å². The molecule has 0 aliphatic carbocycles. The third kappa shape index (κ3) is 6.08. The van der Waals surface area contributed by atoms with E-state index in [0.29, 0.717) is 25.2 Å². The number of carbonyl (C=O) groups excluding carboxylic acids is 1. The summed E-state index contributed by atoms with van der Waals surface area (Å²) in [7, 11) is 1.73. The van der Waals surface area contributed by atoms with Crippen LogP contribution in [0.4, 0.5) is 5.69 Å². The van der Waals surface area contributed by atoms with Crippen molar-refractivity contribution in [1.29, 1.82) is 0 Å². The normalized spacial score (nSPS) is 12.1. The Kier molecular flexibility index (Phi) is 7.64. The molecular weight excluding hydrogens is 392 g/mol. The minimum absolute atomic E-state index is 0.0624. The molecule has 31 heavy (non-hydrogen) atoms. The number of carbonyl (C=O) groups is 1. The predicted octanol–water partition coefficient (Wildman–Crippen LogP) is 3.21. The number of anilines is 1. The number of pyridine rings is 1. The number of amides is 1. The van der Waals surface area contributed by atoms with Crippen molar-refractivity contribution in [3.05, 3.63) is 77.9 Å². The van der Waals surface area contributed by atoms with E-state index in [9.17, 15) is 4.79 Å². The fraction of sp³-hybridized carbons (Fsp3) is 0.261. The van der Waals surface area contributed by atoms with Crippen LogP contribution in [0.2, 0.25) is 0 Å². The summed E-state index contributed by atoms with van der Waals surface area (Å²) < 4.78 is 5.14. The van der Waals surface area contributed by atoms with Crippen LogP contribution in [0.1, 0.15) is 35.9 Å². The quantitative estimate of drug-likeness (QED) is 0.515. The largest absolute Gasteiger partial charge is 0.428 e. The number of aliphatic imine (C=N–C) groups is 1. The van der Waals surface area contributed by atoms with Gasteiger partial charge in [-0.25, -0.2) is 0 Å². The summed E-state index contributed by atoms with van der Waals surface area (Å²) in [4.78, 5) is 20.9. The first-order valence-electron chi connectivity index (χ1n) is 10.0. The van der Waals surface area contributed by atoms with Crippen LogP contribution in [0.15, 0.2) is 64.7 Å². The van der Waals surface area contributed by atoms with Gasteiger partial charge in [-0.05, 0) is 54.7 Å². The molecule has 2 aromatic heterocycles. The zero-order valence-electron chi connectivity index (χ0n) is 17.7. The van der Waals surface area contributed by atoms with Crippen molar-refractivity contribution in [3.8, 4) is 0 Å². The second-order valence-corrected chi connectivity index (χ2v) is 7.00. The summed E-state index contributed by atoms with van der Waals surface area (Å²) in [5.74, 6) is 0.549. The molecule has 0 saturated heterocycles. The molecule has 1 amide bonds. The topological polar surface area (TPSA) is 119 Å². The van der Waals surface area contributed by atoms with Crippen LogP contribution < -0.4 is 11.1 Å². The van der Waals surface area contributed by atoms with Crippen molar-refractivity contribution in [2.24, 2.45) is 10.7 Å². The molecule has 0 radical (unpaired) electrons. The van der Waals surface area contributed by atoms with E-state index < -0.39 is 0 Å². The maximum Gasteiger partial charge on any atom is 0.224 e. The van der Waals surface area contributed by atoms with Gasteiger partial charge in [-0.3, -0.25) is 14.8 Å². The lowest BCUT2D eigenvalue weighted by molar-refractivity contribution is -0.116. The Morgan fingerprint density at radius 2 is 2.00 bits per heavy atom. The molecule has 0 saturated carbocycles. The fourth-order valence-electron chi connectivity index (χ4n) is 3.20. The van der Waals surface area contributed by atoms with Crippen molar-refractivity contribution < 1.29 is 9.21 Å². The van der Waals surface area contributed by atoms with Crippen molar-refractivity contribution >= 4 is 22.9 Å². The third-order valence-electron chi connectivity index (χ3n) is 4.98. The molecule has 0 bridgehead atoms. The van der Waals surface area contributed by atoms with Gasteiger partial charge in [0.15, 0.2) is 0 Å². The molecule has 0 fully saturated rings. The lowest BCUT2D eigenvalue weighted by Crippen LogP contribution is -2.13. The Morgan fingerprint density at radius 3 is 2.68 bits per heavy atom. The highest BCUT2D eigenvalue weighted by Gasteiger charge is 2.12. The minimum Gasteiger partial charge on any atom is -0.428 e. The highest BCUT2D eigenvalue weighted by molar-refractivity contribution is 6.22. The van der Waals surface area contributed by atoms with Gasteiger partial charge in [-0.2, -0.15) is 0 Å². The van der Waals surface area contributed by atoms with Crippen LogP contribution in [-0.2, 0) is 24.1 Å². The number of benzene rings is 1. The number of hydrogen-bond acceptors (Lipinski definition) is 7. The number of rotatable bonds is 9. The molecule has 3 aromatic rings. The van der Waals surface area contributed by atoms with Crippen LogP contribution >= 0.6 is 0 Å². The number of aryl methyl sites for hydroxylation is 3. The van der Waals surface area contributed by atoms with Gasteiger partial charge in [0.1, 0.15) is 0 Å². The number of nitrogens with one attached hydrogen (secondary N) is 1. The van der Waals surface area contributed by atoms with Crippen LogP contribution in [0.5, 0.6) is 0 Å². The monoisotopic (exact) mass is 418 g/mol. The first-order valence-corrected chi connectivity index (χ1v) is 10.0. The van der Waals surface area contributed by atoms with E-state index in [-0.39, 0.29) is 5.91 Å². The Balaban J connectivity index is 1.56. The average Bonchev–Trinajstić information content (AvgIpc) is 3.32. The van der Waals surface area contributed by atoms with E-state index in [1.54, 1.807) is 25.6 Å².